The zero-order valence-corrected chi connectivity index (χ0v) is 20.7. The maximum Gasteiger partial charge on any atom is 0.245 e. The predicted octanol–water partition coefficient (Wildman–Crippen LogP) is 3.20. The van der Waals surface area contributed by atoms with Crippen LogP contribution in [-0.2, 0) is 28.7 Å². The maximum absolute atomic E-state index is 12.1. The molecule has 0 spiro atoms. The summed E-state index contributed by atoms with van der Waals surface area (Å²) in [7, 11) is -2.93. The number of nitrogens with zero attached hydrogens (tertiary/aromatic N) is 4. The third kappa shape index (κ3) is 6.17. The Morgan fingerprint density at radius 3 is 2.56 bits per heavy atom. The number of thiol groups is 1. The molecule has 0 unspecified atom stereocenters. The number of nitrogens with one attached hydrogen (secondary N) is 1. The fourth-order valence-corrected chi connectivity index (χ4v) is 5.42. The van der Waals surface area contributed by atoms with Gasteiger partial charge in [-0.25, -0.2) is 18.6 Å². The molecule has 0 saturated carbocycles. The highest BCUT2D eigenvalue weighted by molar-refractivity contribution is 7.74. The van der Waals surface area contributed by atoms with E-state index in [1.165, 1.54) is 20.3 Å². The quantitative estimate of drug-likeness (QED) is 0.128. The average Bonchev–Trinajstić information content (AvgIpc) is 3.58. The van der Waals surface area contributed by atoms with E-state index in [2.05, 4.69) is 16.2 Å². The van der Waals surface area contributed by atoms with Crippen molar-refractivity contribution in [1.82, 2.24) is 20.5 Å². The number of carbonyl (C=O) groups excluding carboxylic acids is 1. The minimum atomic E-state index is -2.93. The predicted molar refractivity (Wildman–Crippen MR) is 138 cm³/mol. The molecule has 4 aromatic rings. The van der Waals surface area contributed by atoms with Gasteiger partial charge in [-0.2, -0.15) is 0 Å². The summed E-state index contributed by atoms with van der Waals surface area (Å²) in [6, 6.07) is 20.2. The van der Waals surface area contributed by atoms with Crippen molar-refractivity contribution in [2.24, 2.45) is 0 Å². The highest BCUT2D eigenvalue weighted by Gasteiger charge is 2.20. The lowest BCUT2D eigenvalue weighted by molar-refractivity contribution is -0.130. The van der Waals surface area contributed by atoms with Gasteiger partial charge in [-0.1, -0.05) is 53.6 Å². The van der Waals surface area contributed by atoms with Crippen LogP contribution in [-0.4, -0.2) is 34.5 Å². The second-order valence-electron chi connectivity index (χ2n) is 7.93. The molecule has 0 fully saturated rings. The molecule has 184 valence electrons. The minimum Gasteiger partial charge on any atom is -0.289 e. The van der Waals surface area contributed by atoms with Crippen LogP contribution in [0.25, 0.3) is 10.4 Å². The number of hydrogen-bond donors (Lipinski definition) is 3. The Bertz CT molecular complexity index is 1430. The standard InChI is InChI=1S/C25H23N5O4S2/c1-2-18-8-10-19(11-9-18)14-22(15-24(31)27-32)29-16-21(26-28-29)17-30(36(33)34)25-13-12-23(35-25)20-6-4-3-5-7-20/h1,3-13,16,22,32,36H,14-15,17H2,(H,27,31)/t22-/m0/s1. The molecule has 2 heterocycles. The van der Waals surface area contributed by atoms with E-state index in [0.29, 0.717) is 17.1 Å². The van der Waals surface area contributed by atoms with E-state index in [1.807, 2.05) is 48.5 Å². The van der Waals surface area contributed by atoms with Crippen molar-refractivity contribution >= 4 is 33.1 Å². The fraction of sp³-hybridized carbons (Fsp3) is 0.160. The first kappa shape index (κ1) is 25.1. The van der Waals surface area contributed by atoms with Gasteiger partial charge in [0.05, 0.1) is 25.2 Å². The Morgan fingerprint density at radius 1 is 1.14 bits per heavy atom. The van der Waals surface area contributed by atoms with Crippen molar-refractivity contribution in [3.8, 4) is 22.8 Å². The monoisotopic (exact) mass is 521 g/mol. The SMILES string of the molecule is C#Cc1ccc(C[C@@H](CC(=O)NO)n2cc(CN(c3ccc(-c4ccccc4)s3)[SH](=O)=O)nn2)cc1. The molecule has 11 heteroatoms. The number of amides is 1. The summed E-state index contributed by atoms with van der Waals surface area (Å²) < 4.78 is 26.9. The summed E-state index contributed by atoms with van der Waals surface area (Å²) in [5.74, 6) is 1.98. The smallest absolute Gasteiger partial charge is 0.245 e. The summed E-state index contributed by atoms with van der Waals surface area (Å²) in [6.45, 7) is -0.0107. The highest BCUT2D eigenvalue weighted by atomic mass is 32.2. The number of aromatic nitrogens is 3. The van der Waals surface area contributed by atoms with Crippen molar-refractivity contribution < 1.29 is 18.4 Å². The number of benzene rings is 2. The number of carbonyl (C=O) groups is 1. The summed E-state index contributed by atoms with van der Waals surface area (Å²) in [6.07, 6.45) is 7.40. The molecule has 0 aliphatic rings. The lowest BCUT2D eigenvalue weighted by Crippen LogP contribution is -2.25. The molecular weight excluding hydrogens is 498 g/mol. The van der Waals surface area contributed by atoms with Crippen LogP contribution in [0, 0.1) is 12.3 Å². The van der Waals surface area contributed by atoms with Crippen molar-refractivity contribution in [2.75, 3.05) is 4.31 Å². The lowest BCUT2D eigenvalue weighted by atomic mass is 10.0. The van der Waals surface area contributed by atoms with E-state index in [0.717, 1.165) is 21.6 Å². The molecule has 1 amide bonds. The van der Waals surface area contributed by atoms with Crippen LogP contribution in [0.5, 0.6) is 0 Å². The van der Waals surface area contributed by atoms with Crippen molar-refractivity contribution in [1.29, 1.82) is 0 Å². The average molecular weight is 522 g/mol. The van der Waals surface area contributed by atoms with Crippen LogP contribution in [0.1, 0.15) is 29.3 Å². The van der Waals surface area contributed by atoms with Gasteiger partial charge in [0.25, 0.3) is 0 Å². The summed E-state index contributed by atoms with van der Waals surface area (Å²) in [5.41, 5.74) is 4.72. The first-order valence-electron chi connectivity index (χ1n) is 10.9. The second kappa shape index (κ2) is 11.6. The summed E-state index contributed by atoms with van der Waals surface area (Å²) in [5, 5.41) is 17.9. The molecule has 0 saturated heterocycles. The Morgan fingerprint density at radius 2 is 1.89 bits per heavy atom. The maximum atomic E-state index is 12.1. The van der Waals surface area contributed by atoms with E-state index < -0.39 is 22.8 Å². The van der Waals surface area contributed by atoms with Gasteiger partial charge < -0.3 is 0 Å². The minimum absolute atomic E-state index is 0.0107. The van der Waals surface area contributed by atoms with E-state index in [4.69, 9.17) is 11.6 Å². The van der Waals surface area contributed by atoms with Crippen molar-refractivity contribution in [3.63, 3.8) is 0 Å². The number of thiophene rings is 1. The Hall–Kier alpha value is -3.98. The second-order valence-corrected chi connectivity index (χ2v) is 9.95. The molecule has 2 N–H and O–H groups in total. The Balaban J connectivity index is 1.54. The molecule has 4 rings (SSSR count). The Kier molecular flexibility index (Phi) is 8.12. The van der Waals surface area contributed by atoms with E-state index >= 15 is 0 Å². The van der Waals surface area contributed by atoms with Crippen LogP contribution >= 0.6 is 11.3 Å². The largest absolute Gasteiger partial charge is 0.289 e. The van der Waals surface area contributed by atoms with Gasteiger partial charge in [-0.3, -0.25) is 14.3 Å². The lowest BCUT2D eigenvalue weighted by Gasteiger charge is -2.16. The van der Waals surface area contributed by atoms with E-state index in [9.17, 15) is 13.2 Å². The van der Waals surface area contributed by atoms with Crippen LogP contribution < -0.4 is 9.79 Å². The zero-order chi connectivity index (χ0) is 25.5. The van der Waals surface area contributed by atoms with Crippen LogP contribution in [0.2, 0.25) is 0 Å². The van der Waals surface area contributed by atoms with Gasteiger partial charge in [-0.15, -0.1) is 22.9 Å². The molecule has 0 bridgehead atoms. The Labute approximate surface area is 214 Å². The van der Waals surface area contributed by atoms with Crippen LogP contribution in [0.15, 0.2) is 72.9 Å². The highest BCUT2D eigenvalue weighted by Crippen LogP contribution is 2.34. The van der Waals surface area contributed by atoms with Gasteiger partial charge in [0.1, 0.15) is 10.7 Å². The van der Waals surface area contributed by atoms with Crippen LogP contribution in [0.4, 0.5) is 5.00 Å². The van der Waals surface area contributed by atoms with Gasteiger partial charge in [0.15, 0.2) is 0 Å². The van der Waals surface area contributed by atoms with E-state index in [-0.39, 0.29) is 13.0 Å². The number of hydroxylamine groups is 1. The van der Waals surface area contributed by atoms with Gasteiger partial charge in [0, 0.05) is 10.4 Å². The number of anilines is 1. The van der Waals surface area contributed by atoms with Gasteiger partial charge in [-0.05, 0) is 41.8 Å². The fourth-order valence-electron chi connectivity index (χ4n) is 3.69. The third-order valence-electron chi connectivity index (χ3n) is 5.48. The van der Waals surface area contributed by atoms with Crippen molar-refractivity contribution in [3.05, 3.63) is 89.7 Å². The number of hydrogen-bond acceptors (Lipinski definition) is 7. The number of rotatable bonds is 10. The normalized spacial score (nSPS) is 11.7. The first-order chi connectivity index (χ1) is 17.5. The molecule has 2 aromatic heterocycles. The first-order valence-corrected chi connectivity index (χ1v) is 12.9. The van der Waals surface area contributed by atoms with Gasteiger partial charge in [0.2, 0.25) is 16.8 Å². The molecule has 0 aliphatic heterocycles. The number of terminal acetylenes is 1. The molecule has 0 radical (unpaired) electrons. The molecule has 2 aromatic carbocycles. The van der Waals surface area contributed by atoms with E-state index in [1.54, 1.807) is 29.9 Å². The molecule has 0 aliphatic carbocycles. The molecule has 9 nitrogen and oxygen atoms in total. The molecule has 36 heavy (non-hydrogen) atoms. The summed E-state index contributed by atoms with van der Waals surface area (Å²) in [4.78, 5) is 12.9. The van der Waals surface area contributed by atoms with Crippen molar-refractivity contribution in [2.45, 2.75) is 25.4 Å². The van der Waals surface area contributed by atoms with Crippen LogP contribution in [0.3, 0.4) is 0 Å². The molecular formula is C25H23N5O4S2. The molecule has 1 atom stereocenters. The topological polar surface area (TPSA) is 117 Å². The zero-order valence-electron chi connectivity index (χ0n) is 19.0. The van der Waals surface area contributed by atoms with Gasteiger partial charge >= 0.3 is 0 Å². The third-order valence-corrected chi connectivity index (χ3v) is 7.53. The summed E-state index contributed by atoms with van der Waals surface area (Å²) >= 11 is 1.36.